The zero-order valence-corrected chi connectivity index (χ0v) is 11.3. The molecule has 0 aliphatic heterocycles. The highest BCUT2D eigenvalue weighted by Gasteiger charge is 2.11. The first-order valence-corrected chi connectivity index (χ1v) is 6.25. The molecule has 15 heavy (non-hydrogen) atoms. The normalized spacial score (nSPS) is 10.0. The third-order valence-corrected chi connectivity index (χ3v) is 3.45. The van der Waals surface area contributed by atoms with Crippen molar-refractivity contribution in [1.29, 1.82) is 0 Å². The van der Waals surface area contributed by atoms with E-state index in [2.05, 4.69) is 38.5 Å². The van der Waals surface area contributed by atoms with Gasteiger partial charge in [0.05, 0.1) is 10.3 Å². The summed E-state index contributed by atoms with van der Waals surface area (Å²) in [4.78, 5) is 21.3. The minimum atomic E-state index is -0.460. The van der Waals surface area contributed by atoms with Gasteiger partial charge < -0.3 is 0 Å². The van der Waals surface area contributed by atoms with Crippen LogP contribution in [0.1, 0.15) is 5.56 Å². The summed E-state index contributed by atoms with van der Waals surface area (Å²) in [5.74, 6) is 0.00779. The zero-order chi connectivity index (χ0) is 11.4. The van der Waals surface area contributed by atoms with Crippen LogP contribution in [-0.2, 0) is 11.2 Å². The summed E-state index contributed by atoms with van der Waals surface area (Å²) >= 11 is 5.12. The number of carbonyl (C=O) groups excluding carboxylic acids is 1. The van der Waals surface area contributed by atoms with Gasteiger partial charge in [-0.15, -0.1) is 0 Å². The summed E-state index contributed by atoms with van der Waals surface area (Å²) in [6.07, 6.45) is 0.227. The van der Waals surface area contributed by atoms with Gasteiger partial charge in [0.15, 0.2) is 0 Å². The van der Waals surface area contributed by atoms with Crippen LogP contribution < -0.4 is 0 Å². The molecule has 6 heteroatoms. The Morgan fingerprint density at radius 2 is 2.20 bits per heavy atom. The molecule has 4 nitrogen and oxygen atoms in total. The second-order valence-corrected chi connectivity index (χ2v) is 4.60. The van der Waals surface area contributed by atoms with Crippen LogP contribution in [0.15, 0.2) is 18.2 Å². The second kappa shape index (κ2) is 5.55. The third-order valence-electron chi connectivity index (χ3n) is 1.78. The predicted molar refractivity (Wildman–Crippen MR) is 68.3 cm³/mol. The number of benzene rings is 1. The van der Waals surface area contributed by atoms with E-state index in [1.54, 1.807) is 6.07 Å². The van der Waals surface area contributed by atoms with Crippen molar-refractivity contribution >= 4 is 50.0 Å². The van der Waals surface area contributed by atoms with Crippen molar-refractivity contribution in [2.24, 2.45) is 0 Å². The first kappa shape index (κ1) is 12.6. The van der Waals surface area contributed by atoms with Gasteiger partial charge in [-0.2, -0.15) is 0 Å². The number of Topliss-reactive ketones (excluding diaryl/α,β-unsaturated/α-hetero) is 1. The van der Waals surface area contributed by atoms with Crippen molar-refractivity contribution in [2.75, 3.05) is 5.33 Å². The van der Waals surface area contributed by atoms with Gasteiger partial charge in [0.1, 0.15) is 5.78 Å². The van der Waals surface area contributed by atoms with Gasteiger partial charge in [-0.25, -0.2) is 0 Å². The molecule has 0 aromatic heterocycles. The van der Waals surface area contributed by atoms with Crippen molar-refractivity contribution in [2.45, 2.75) is 6.42 Å². The summed E-state index contributed by atoms with van der Waals surface area (Å²) < 4.78 is 0.868. The lowest BCUT2D eigenvalue weighted by molar-refractivity contribution is -0.384. The standard InChI is InChI=1S/C9H7BrINO3/c10-5-8(13)4-6-3-7(12(14)15)1-2-9(6)11/h1-3H,4-5H2. The SMILES string of the molecule is O=C(CBr)Cc1cc([N+](=O)[O-])ccc1I. The molecule has 0 fully saturated rings. The third kappa shape index (κ3) is 3.53. The highest BCUT2D eigenvalue weighted by molar-refractivity contribution is 14.1. The maximum absolute atomic E-state index is 11.2. The summed E-state index contributed by atoms with van der Waals surface area (Å²) in [5.41, 5.74) is 0.724. The molecular formula is C9H7BrINO3. The van der Waals surface area contributed by atoms with Crippen molar-refractivity contribution < 1.29 is 9.72 Å². The first-order valence-electron chi connectivity index (χ1n) is 4.05. The van der Waals surface area contributed by atoms with Gasteiger partial charge >= 0.3 is 0 Å². The molecule has 0 unspecified atom stereocenters. The van der Waals surface area contributed by atoms with Gasteiger partial charge in [0, 0.05) is 22.1 Å². The molecule has 0 N–H and O–H groups in total. The fourth-order valence-electron chi connectivity index (χ4n) is 1.07. The Morgan fingerprint density at radius 1 is 1.53 bits per heavy atom. The monoisotopic (exact) mass is 383 g/mol. The number of nitro groups is 1. The molecule has 0 aliphatic carbocycles. The molecular weight excluding hydrogens is 377 g/mol. The van der Waals surface area contributed by atoms with Crippen LogP contribution in [0.4, 0.5) is 5.69 Å². The van der Waals surface area contributed by atoms with E-state index in [0.29, 0.717) is 5.56 Å². The fourth-order valence-corrected chi connectivity index (χ4v) is 1.79. The predicted octanol–water partition coefficient (Wildman–Crippen LogP) is 2.71. The molecule has 0 spiro atoms. The number of hydrogen-bond acceptors (Lipinski definition) is 3. The van der Waals surface area contributed by atoms with Crippen LogP contribution in [0.2, 0.25) is 0 Å². The second-order valence-electron chi connectivity index (χ2n) is 2.88. The average molecular weight is 384 g/mol. The van der Waals surface area contributed by atoms with Crippen LogP contribution in [0.5, 0.6) is 0 Å². The molecule has 0 radical (unpaired) electrons. The lowest BCUT2D eigenvalue weighted by Crippen LogP contribution is -2.05. The number of rotatable bonds is 4. The van der Waals surface area contributed by atoms with Crippen LogP contribution in [0, 0.1) is 13.7 Å². The van der Waals surface area contributed by atoms with E-state index in [1.165, 1.54) is 12.1 Å². The summed E-state index contributed by atoms with van der Waals surface area (Å²) in [5, 5.41) is 10.8. The molecule has 0 heterocycles. The summed E-state index contributed by atoms with van der Waals surface area (Å²) in [6, 6.07) is 4.53. The Kier molecular flexibility index (Phi) is 4.65. The van der Waals surface area contributed by atoms with Gasteiger partial charge in [-0.1, -0.05) is 15.9 Å². The topological polar surface area (TPSA) is 60.2 Å². The van der Waals surface area contributed by atoms with E-state index in [4.69, 9.17) is 0 Å². The highest BCUT2D eigenvalue weighted by Crippen LogP contribution is 2.20. The van der Waals surface area contributed by atoms with E-state index in [-0.39, 0.29) is 23.2 Å². The molecule has 0 aliphatic rings. The maximum atomic E-state index is 11.2. The Labute approximate surface area is 108 Å². The number of halogens is 2. The molecule has 1 aromatic carbocycles. The van der Waals surface area contributed by atoms with Gasteiger partial charge in [-0.3, -0.25) is 14.9 Å². The zero-order valence-electron chi connectivity index (χ0n) is 7.57. The van der Waals surface area contributed by atoms with Crippen molar-refractivity contribution in [1.82, 2.24) is 0 Å². The van der Waals surface area contributed by atoms with Gasteiger partial charge in [0.25, 0.3) is 5.69 Å². The van der Waals surface area contributed by atoms with E-state index in [1.807, 2.05) is 0 Å². The van der Waals surface area contributed by atoms with E-state index in [0.717, 1.165) is 3.57 Å². The minimum absolute atomic E-state index is 0.00779. The largest absolute Gasteiger partial charge is 0.298 e. The molecule has 0 bridgehead atoms. The number of nitro benzene ring substituents is 1. The number of non-ortho nitro benzene ring substituents is 1. The smallest absolute Gasteiger partial charge is 0.269 e. The Balaban J connectivity index is 3.00. The quantitative estimate of drug-likeness (QED) is 0.347. The molecule has 0 saturated heterocycles. The van der Waals surface area contributed by atoms with E-state index >= 15 is 0 Å². The molecule has 0 atom stereocenters. The van der Waals surface area contributed by atoms with Crippen molar-refractivity contribution in [3.8, 4) is 0 Å². The summed E-state index contributed by atoms with van der Waals surface area (Å²) in [6.45, 7) is 0. The summed E-state index contributed by atoms with van der Waals surface area (Å²) in [7, 11) is 0. The number of alkyl halides is 1. The fraction of sp³-hybridized carbons (Fsp3) is 0.222. The van der Waals surface area contributed by atoms with Gasteiger partial charge in [-0.05, 0) is 34.2 Å². The van der Waals surface area contributed by atoms with Gasteiger partial charge in [0.2, 0.25) is 0 Å². The molecule has 1 rings (SSSR count). The minimum Gasteiger partial charge on any atom is -0.298 e. The Hall–Kier alpha value is -0.500. The molecule has 80 valence electrons. The average Bonchev–Trinajstić information content (AvgIpc) is 2.20. The molecule has 0 amide bonds. The van der Waals surface area contributed by atoms with Crippen molar-refractivity contribution in [3.63, 3.8) is 0 Å². The Bertz CT molecular complexity index is 408. The number of carbonyl (C=O) groups is 1. The van der Waals surface area contributed by atoms with Crippen LogP contribution in [0.25, 0.3) is 0 Å². The number of nitrogens with zero attached hydrogens (tertiary/aromatic N) is 1. The first-order chi connectivity index (χ1) is 7.04. The Morgan fingerprint density at radius 3 is 2.73 bits per heavy atom. The molecule has 0 saturated carbocycles. The lowest BCUT2D eigenvalue weighted by Gasteiger charge is -2.02. The van der Waals surface area contributed by atoms with Crippen LogP contribution >= 0.6 is 38.5 Å². The van der Waals surface area contributed by atoms with E-state index in [9.17, 15) is 14.9 Å². The number of ketones is 1. The number of hydrogen-bond donors (Lipinski definition) is 0. The molecule has 1 aromatic rings. The van der Waals surface area contributed by atoms with Crippen LogP contribution in [0.3, 0.4) is 0 Å². The lowest BCUT2D eigenvalue weighted by atomic mass is 10.1. The van der Waals surface area contributed by atoms with E-state index < -0.39 is 4.92 Å². The van der Waals surface area contributed by atoms with Crippen molar-refractivity contribution in [3.05, 3.63) is 37.4 Å². The highest BCUT2D eigenvalue weighted by atomic mass is 127. The maximum Gasteiger partial charge on any atom is 0.269 e. The van der Waals surface area contributed by atoms with Crippen LogP contribution in [-0.4, -0.2) is 16.0 Å².